The van der Waals surface area contributed by atoms with Gasteiger partial charge in [0.25, 0.3) is 0 Å². The normalized spacial score (nSPS) is 13.4. The Balaban J connectivity index is 2.34. The van der Waals surface area contributed by atoms with Crippen molar-refractivity contribution < 1.29 is 9.84 Å². The molecule has 0 amide bonds. The van der Waals surface area contributed by atoms with Crippen molar-refractivity contribution in [3.8, 4) is 5.75 Å². The van der Waals surface area contributed by atoms with Crippen LogP contribution in [-0.2, 0) is 6.54 Å². The maximum Gasteiger partial charge on any atom is 0.168 e. The average Bonchev–Trinajstić information content (AvgIpc) is 2.74. The summed E-state index contributed by atoms with van der Waals surface area (Å²) in [6.45, 7) is 12.0. The summed E-state index contributed by atoms with van der Waals surface area (Å²) in [5.41, 5.74) is 0.291. The molecule has 0 aliphatic carbocycles. The molecule has 0 saturated heterocycles. The lowest BCUT2D eigenvalue weighted by Crippen LogP contribution is -2.30. The highest BCUT2D eigenvalue weighted by atomic mass is 16.5. The van der Waals surface area contributed by atoms with Crippen molar-refractivity contribution in [3.05, 3.63) is 41.5 Å². The monoisotopic (exact) mass is 317 g/mol. The first-order valence-corrected chi connectivity index (χ1v) is 8.03. The fraction of sp³-hybridized carbons (Fsp3) is 0.556. The maximum atomic E-state index is 10.1. The number of aryl methyl sites for hydroxylation is 2. The maximum absolute atomic E-state index is 10.1. The summed E-state index contributed by atoms with van der Waals surface area (Å²) in [5.74, 6) is 2.47. The Morgan fingerprint density at radius 2 is 1.96 bits per heavy atom. The van der Waals surface area contributed by atoms with Crippen molar-refractivity contribution in [1.82, 2.24) is 14.8 Å². The largest absolute Gasteiger partial charge is 0.482 e. The second-order valence-corrected chi connectivity index (χ2v) is 7.09. The summed E-state index contributed by atoms with van der Waals surface area (Å²) in [5, 5.41) is 14.5. The number of rotatable bonds is 6. The predicted octanol–water partition coefficient (Wildman–Crippen LogP) is 3.44. The van der Waals surface area contributed by atoms with E-state index in [1.54, 1.807) is 18.5 Å². The van der Waals surface area contributed by atoms with Crippen LogP contribution in [-0.4, -0.2) is 25.5 Å². The second-order valence-electron chi connectivity index (χ2n) is 7.09. The number of hydrogen-bond acceptors (Lipinski definition) is 4. The summed E-state index contributed by atoms with van der Waals surface area (Å²) >= 11 is 0. The SMILES string of the molecule is Cc1cccc(O[C@@H](c2nc(C)nn2CC(C)(C)O)C(C)C)c1. The highest BCUT2D eigenvalue weighted by Gasteiger charge is 2.27. The molecule has 1 atom stereocenters. The van der Waals surface area contributed by atoms with Crippen LogP contribution in [0, 0.1) is 19.8 Å². The van der Waals surface area contributed by atoms with Crippen LogP contribution < -0.4 is 4.74 Å². The van der Waals surface area contributed by atoms with E-state index in [0.29, 0.717) is 12.4 Å². The van der Waals surface area contributed by atoms with Gasteiger partial charge in [0.2, 0.25) is 0 Å². The van der Waals surface area contributed by atoms with Crippen LogP contribution in [0.25, 0.3) is 0 Å². The standard InChI is InChI=1S/C18H27N3O2/c1-12(2)16(23-15-9-7-8-13(3)10-15)17-19-14(4)20-21(17)11-18(5,6)22/h7-10,12,16,22H,11H2,1-6H3/t16-/m1/s1. The summed E-state index contributed by atoms with van der Waals surface area (Å²) < 4.78 is 7.97. The molecule has 126 valence electrons. The van der Waals surface area contributed by atoms with E-state index in [4.69, 9.17) is 4.74 Å². The zero-order chi connectivity index (χ0) is 17.2. The highest BCUT2D eigenvalue weighted by molar-refractivity contribution is 5.28. The molecule has 0 aliphatic heterocycles. The molecule has 0 unspecified atom stereocenters. The van der Waals surface area contributed by atoms with E-state index < -0.39 is 5.60 Å². The molecule has 0 aliphatic rings. The molecule has 0 radical (unpaired) electrons. The summed E-state index contributed by atoms with van der Waals surface area (Å²) in [7, 11) is 0. The van der Waals surface area contributed by atoms with Gasteiger partial charge in [-0.25, -0.2) is 9.67 Å². The van der Waals surface area contributed by atoms with Gasteiger partial charge in [-0.3, -0.25) is 0 Å². The molecule has 5 heteroatoms. The van der Waals surface area contributed by atoms with Gasteiger partial charge in [-0.15, -0.1) is 0 Å². The molecule has 1 aromatic heterocycles. The van der Waals surface area contributed by atoms with Crippen molar-refractivity contribution >= 4 is 0 Å². The highest BCUT2D eigenvalue weighted by Crippen LogP contribution is 2.28. The third-order valence-corrected chi connectivity index (χ3v) is 3.46. The predicted molar refractivity (Wildman–Crippen MR) is 90.4 cm³/mol. The quantitative estimate of drug-likeness (QED) is 0.886. The minimum absolute atomic E-state index is 0.222. The molecule has 0 saturated carbocycles. The molecule has 0 fully saturated rings. The van der Waals surface area contributed by atoms with E-state index in [1.807, 2.05) is 38.1 Å². The van der Waals surface area contributed by atoms with Crippen LogP contribution in [0.4, 0.5) is 0 Å². The molecule has 23 heavy (non-hydrogen) atoms. The molecular formula is C18H27N3O2. The van der Waals surface area contributed by atoms with Crippen LogP contribution in [0.3, 0.4) is 0 Å². The van der Waals surface area contributed by atoms with E-state index in [-0.39, 0.29) is 12.0 Å². The van der Waals surface area contributed by atoms with Crippen molar-refractivity contribution in [2.24, 2.45) is 5.92 Å². The summed E-state index contributed by atoms with van der Waals surface area (Å²) in [6.07, 6.45) is -0.222. The Bertz CT molecular complexity index is 657. The third kappa shape index (κ3) is 4.79. The van der Waals surface area contributed by atoms with Gasteiger partial charge in [0.1, 0.15) is 11.6 Å². The van der Waals surface area contributed by atoms with Crippen LogP contribution >= 0.6 is 0 Å². The number of aromatic nitrogens is 3. The lowest BCUT2D eigenvalue weighted by Gasteiger charge is -2.24. The zero-order valence-electron chi connectivity index (χ0n) is 14.9. The zero-order valence-corrected chi connectivity index (χ0v) is 14.9. The van der Waals surface area contributed by atoms with E-state index in [2.05, 4.69) is 23.9 Å². The first kappa shape index (κ1) is 17.5. The first-order valence-electron chi connectivity index (χ1n) is 8.03. The Morgan fingerprint density at radius 1 is 1.26 bits per heavy atom. The van der Waals surface area contributed by atoms with Crippen molar-refractivity contribution in [1.29, 1.82) is 0 Å². The van der Waals surface area contributed by atoms with Crippen molar-refractivity contribution in [2.75, 3.05) is 0 Å². The molecule has 1 heterocycles. The van der Waals surface area contributed by atoms with E-state index >= 15 is 0 Å². The van der Waals surface area contributed by atoms with Crippen molar-refractivity contribution in [3.63, 3.8) is 0 Å². The van der Waals surface area contributed by atoms with Gasteiger partial charge in [0.15, 0.2) is 11.9 Å². The van der Waals surface area contributed by atoms with Gasteiger partial charge < -0.3 is 9.84 Å². The topological polar surface area (TPSA) is 60.2 Å². The van der Waals surface area contributed by atoms with Gasteiger partial charge in [-0.2, -0.15) is 5.10 Å². The van der Waals surface area contributed by atoms with Gasteiger partial charge in [0.05, 0.1) is 12.1 Å². The van der Waals surface area contributed by atoms with E-state index in [9.17, 15) is 5.11 Å². The fourth-order valence-corrected chi connectivity index (χ4v) is 2.49. The van der Waals surface area contributed by atoms with Crippen LogP contribution in [0.15, 0.2) is 24.3 Å². The number of nitrogens with zero attached hydrogens (tertiary/aromatic N) is 3. The molecule has 5 nitrogen and oxygen atoms in total. The molecule has 0 bridgehead atoms. The van der Waals surface area contributed by atoms with E-state index in [1.165, 1.54) is 0 Å². The smallest absolute Gasteiger partial charge is 0.168 e. The minimum Gasteiger partial charge on any atom is -0.482 e. The number of hydrogen-bond donors (Lipinski definition) is 1. The fourth-order valence-electron chi connectivity index (χ4n) is 2.49. The Hall–Kier alpha value is -1.88. The Labute approximate surface area is 138 Å². The van der Waals surface area contributed by atoms with Crippen LogP contribution in [0.1, 0.15) is 51.0 Å². The second kappa shape index (κ2) is 6.71. The average molecular weight is 317 g/mol. The van der Waals surface area contributed by atoms with Crippen molar-refractivity contribution in [2.45, 2.75) is 59.8 Å². The number of benzene rings is 1. The molecule has 1 N–H and O–H groups in total. The van der Waals surface area contributed by atoms with Gasteiger partial charge in [-0.05, 0) is 51.3 Å². The Kier molecular flexibility index (Phi) is 5.09. The lowest BCUT2D eigenvalue weighted by atomic mass is 10.1. The van der Waals surface area contributed by atoms with E-state index in [0.717, 1.165) is 17.1 Å². The van der Waals surface area contributed by atoms with Gasteiger partial charge in [0, 0.05) is 0 Å². The molecule has 2 rings (SSSR count). The Morgan fingerprint density at radius 3 is 2.52 bits per heavy atom. The van der Waals surface area contributed by atoms with Gasteiger partial charge in [-0.1, -0.05) is 26.0 Å². The lowest BCUT2D eigenvalue weighted by molar-refractivity contribution is 0.0514. The minimum atomic E-state index is -0.861. The molecule has 1 aromatic carbocycles. The van der Waals surface area contributed by atoms with Crippen LogP contribution in [0.2, 0.25) is 0 Å². The number of aliphatic hydroxyl groups is 1. The molecule has 2 aromatic rings. The third-order valence-electron chi connectivity index (χ3n) is 3.46. The van der Waals surface area contributed by atoms with Crippen LogP contribution in [0.5, 0.6) is 5.75 Å². The summed E-state index contributed by atoms with van der Waals surface area (Å²) in [4.78, 5) is 4.55. The summed E-state index contributed by atoms with van der Waals surface area (Å²) in [6, 6.07) is 7.98. The number of ether oxygens (including phenoxy) is 1. The van der Waals surface area contributed by atoms with Gasteiger partial charge >= 0.3 is 0 Å². The molecule has 0 spiro atoms. The first-order chi connectivity index (χ1) is 10.7. The molecular weight excluding hydrogens is 290 g/mol.